The number of nitrogens with zero attached hydrogens (tertiary/aromatic N) is 3. The molecule has 1 rings (SSSR count). The van der Waals surface area contributed by atoms with Crippen molar-refractivity contribution >= 4 is 17.7 Å². The molecule has 1 saturated carbocycles. The summed E-state index contributed by atoms with van der Waals surface area (Å²) >= 11 is 0. The van der Waals surface area contributed by atoms with E-state index in [1.54, 1.807) is 20.8 Å². The van der Waals surface area contributed by atoms with Gasteiger partial charge < -0.3 is 0 Å². The lowest BCUT2D eigenvalue weighted by molar-refractivity contribution is -0.239. The van der Waals surface area contributed by atoms with Crippen LogP contribution in [0.5, 0.6) is 0 Å². The first-order valence-electron chi connectivity index (χ1n) is 12.9. The summed E-state index contributed by atoms with van der Waals surface area (Å²) in [5.41, 5.74) is 0.997. The van der Waals surface area contributed by atoms with Gasteiger partial charge in [-0.15, -0.1) is 0 Å². The summed E-state index contributed by atoms with van der Waals surface area (Å²) in [5.74, 6) is -1.02. The van der Waals surface area contributed by atoms with Crippen LogP contribution in [-0.2, 0) is 28.9 Å². The highest BCUT2D eigenvalue weighted by Crippen LogP contribution is 2.33. The van der Waals surface area contributed by atoms with Crippen molar-refractivity contribution in [2.75, 3.05) is 19.8 Å². The minimum atomic E-state index is -0.458. The van der Waals surface area contributed by atoms with Crippen molar-refractivity contribution < 1.29 is 28.9 Å². The van der Waals surface area contributed by atoms with Gasteiger partial charge in [-0.3, -0.25) is 28.9 Å². The van der Waals surface area contributed by atoms with Crippen molar-refractivity contribution in [1.29, 1.82) is 0 Å². The maximum absolute atomic E-state index is 13.1. The van der Waals surface area contributed by atoms with Gasteiger partial charge in [0.2, 0.25) is 0 Å². The third-order valence-electron chi connectivity index (χ3n) is 5.63. The fourth-order valence-electron chi connectivity index (χ4n) is 3.93. The fourth-order valence-corrected chi connectivity index (χ4v) is 3.93. The summed E-state index contributed by atoms with van der Waals surface area (Å²) in [6.07, 6.45) is 3.30. The Balaban J connectivity index is 3.52. The van der Waals surface area contributed by atoms with Crippen LogP contribution in [0.2, 0.25) is 0 Å². The minimum Gasteiger partial charge on any atom is -0.270 e. The highest BCUT2D eigenvalue weighted by molar-refractivity contribution is 5.93. The first kappa shape index (κ1) is 31.5. The Hall–Kier alpha value is -2.49. The molecule has 1 fully saturated rings. The topological polar surface area (TPSA) is 88.6 Å². The van der Waals surface area contributed by atoms with Crippen molar-refractivity contribution in [2.45, 2.75) is 98.2 Å². The predicted molar refractivity (Wildman–Crippen MR) is 139 cm³/mol. The zero-order chi connectivity index (χ0) is 27.4. The minimum absolute atomic E-state index is 0.332. The normalized spacial score (nSPS) is 19.3. The third-order valence-corrected chi connectivity index (χ3v) is 5.63. The number of carbonyl (C=O) groups is 3. The van der Waals surface area contributed by atoms with E-state index in [0.29, 0.717) is 75.1 Å². The Morgan fingerprint density at radius 3 is 0.972 bits per heavy atom. The van der Waals surface area contributed by atoms with Gasteiger partial charge in [0.25, 0.3) is 17.7 Å². The molecule has 3 amide bonds. The van der Waals surface area contributed by atoms with Crippen LogP contribution < -0.4 is 0 Å². The van der Waals surface area contributed by atoms with Crippen molar-refractivity contribution in [3.63, 3.8) is 0 Å². The molecule has 36 heavy (non-hydrogen) atoms. The van der Waals surface area contributed by atoms with Gasteiger partial charge in [0, 0.05) is 16.7 Å². The molecule has 0 bridgehead atoms. The van der Waals surface area contributed by atoms with Crippen LogP contribution in [0.3, 0.4) is 0 Å². The molecule has 0 heterocycles. The Bertz CT molecular complexity index is 701. The van der Waals surface area contributed by atoms with E-state index in [0.717, 1.165) is 0 Å². The summed E-state index contributed by atoms with van der Waals surface area (Å²) in [5, 5.41) is 4.03. The summed E-state index contributed by atoms with van der Waals surface area (Å²) in [6, 6.07) is -1.37. The number of hydrogen-bond acceptors (Lipinski definition) is 6. The van der Waals surface area contributed by atoms with E-state index in [1.807, 2.05) is 20.8 Å². The van der Waals surface area contributed by atoms with E-state index >= 15 is 0 Å². The average molecular weight is 508 g/mol. The zero-order valence-electron chi connectivity index (χ0n) is 23.0. The van der Waals surface area contributed by atoms with E-state index < -0.39 is 18.1 Å². The molecule has 0 spiro atoms. The molecule has 0 aromatic rings. The van der Waals surface area contributed by atoms with Crippen LogP contribution in [0, 0.1) is 0 Å². The van der Waals surface area contributed by atoms with Gasteiger partial charge in [0.15, 0.2) is 0 Å². The molecular weight excluding hydrogens is 462 g/mol. The largest absolute Gasteiger partial charge is 0.272 e. The van der Waals surface area contributed by atoms with E-state index in [9.17, 15) is 14.4 Å². The first-order valence-corrected chi connectivity index (χ1v) is 12.9. The fraction of sp³-hybridized carbons (Fsp3) is 0.667. The van der Waals surface area contributed by atoms with E-state index in [2.05, 4.69) is 19.7 Å². The van der Waals surface area contributed by atoms with E-state index in [1.165, 1.54) is 15.2 Å². The second-order valence-electron chi connectivity index (χ2n) is 9.40. The lowest BCUT2D eigenvalue weighted by Gasteiger charge is -2.45. The maximum Gasteiger partial charge on any atom is 0.272 e. The SMILES string of the molecule is C=C(C)C(=O)N(OCCC)C1CC(N(OCCC)C(=O)C(=C)C)CC(N(OCCC)C(=O)C(=C)C)C1. The molecule has 1 aliphatic carbocycles. The van der Waals surface area contributed by atoms with Gasteiger partial charge >= 0.3 is 0 Å². The smallest absolute Gasteiger partial charge is 0.270 e. The molecule has 9 heteroatoms. The van der Waals surface area contributed by atoms with Crippen molar-refractivity contribution in [1.82, 2.24) is 15.2 Å². The molecule has 0 aromatic heterocycles. The Kier molecular flexibility index (Phi) is 13.7. The highest BCUT2D eigenvalue weighted by atomic mass is 16.7. The molecule has 204 valence electrons. The quantitative estimate of drug-likeness (QED) is 0.239. The third kappa shape index (κ3) is 8.87. The number of amides is 3. The first-order chi connectivity index (χ1) is 17.0. The lowest BCUT2D eigenvalue weighted by Crippen LogP contribution is -2.57. The average Bonchev–Trinajstić information content (AvgIpc) is 2.84. The molecule has 0 radical (unpaired) electrons. The Labute approximate surface area is 216 Å². The summed E-state index contributed by atoms with van der Waals surface area (Å²) in [4.78, 5) is 56.9. The Morgan fingerprint density at radius 2 is 0.806 bits per heavy atom. The molecule has 0 aromatic carbocycles. The molecule has 0 saturated heterocycles. The van der Waals surface area contributed by atoms with Crippen LogP contribution in [0.4, 0.5) is 0 Å². The predicted octanol–water partition coefficient (Wildman–Crippen LogP) is 4.52. The van der Waals surface area contributed by atoms with Crippen LogP contribution in [0.1, 0.15) is 80.1 Å². The van der Waals surface area contributed by atoms with Gasteiger partial charge in [0.05, 0.1) is 37.9 Å². The van der Waals surface area contributed by atoms with E-state index in [-0.39, 0.29) is 17.7 Å². The summed E-state index contributed by atoms with van der Waals surface area (Å²) in [7, 11) is 0. The molecular formula is C27H45N3O6. The standard InChI is InChI=1S/C27H45N3O6/c1-10-13-34-28(25(31)19(4)5)22-16-23(29(35-14-11-2)26(32)20(6)7)18-24(17-22)30(36-15-12-3)27(33)21(8)9/h22-24H,4,6,8,10-18H2,1-3,5,7,9H3. The molecule has 0 N–H and O–H groups in total. The number of hydrogen-bond donors (Lipinski definition) is 0. The van der Waals surface area contributed by atoms with Gasteiger partial charge in [-0.2, -0.15) is 0 Å². The highest BCUT2D eigenvalue weighted by Gasteiger charge is 2.43. The second-order valence-corrected chi connectivity index (χ2v) is 9.40. The monoisotopic (exact) mass is 507 g/mol. The summed E-state index contributed by atoms with van der Waals surface area (Å²) < 4.78 is 0. The number of hydroxylamine groups is 6. The lowest BCUT2D eigenvalue weighted by atomic mass is 9.85. The van der Waals surface area contributed by atoms with Crippen LogP contribution in [-0.4, -0.2) is 70.9 Å². The van der Waals surface area contributed by atoms with Gasteiger partial charge in [-0.25, -0.2) is 15.2 Å². The molecule has 0 aliphatic heterocycles. The van der Waals surface area contributed by atoms with Crippen molar-refractivity contribution in [3.05, 3.63) is 36.5 Å². The van der Waals surface area contributed by atoms with Crippen LogP contribution >= 0.6 is 0 Å². The second kappa shape index (κ2) is 15.6. The van der Waals surface area contributed by atoms with Crippen molar-refractivity contribution in [2.24, 2.45) is 0 Å². The number of carbonyl (C=O) groups excluding carboxylic acids is 3. The van der Waals surface area contributed by atoms with E-state index in [4.69, 9.17) is 14.5 Å². The molecule has 9 nitrogen and oxygen atoms in total. The van der Waals surface area contributed by atoms with Crippen molar-refractivity contribution in [3.8, 4) is 0 Å². The molecule has 0 unspecified atom stereocenters. The zero-order valence-corrected chi connectivity index (χ0v) is 23.0. The van der Waals surface area contributed by atoms with Gasteiger partial charge in [-0.05, 0) is 59.3 Å². The molecule has 1 aliphatic rings. The van der Waals surface area contributed by atoms with Crippen LogP contribution in [0.25, 0.3) is 0 Å². The van der Waals surface area contributed by atoms with Crippen LogP contribution in [0.15, 0.2) is 36.5 Å². The summed E-state index contributed by atoms with van der Waals surface area (Å²) in [6.45, 7) is 23.2. The maximum atomic E-state index is 13.1. The Morgan fingerprint density at radius 1 is 0.583 bits per heavy atom. The van der Waals surface area contributed by atoms with Gasteiger partial charge in [0.1, 0.15) is 0 Å². The number of rotatable bonds is 15. The van der Waals surface area contributed by atoms with Gasteiger partial charge in [-0.1, -0.05) is 40.5 Å². The molecule has 0 atom stereocenters.